The van der Waals surface area contributed by atoms with Gasteiger partial charge in [0.1, 0.15) is 11.2 Å². The Hall–Kier alpha value is -2.75. The molecule has 4 aromatic rings. The van der Waals surface area contributed by atoms with Crippen LogP contribution < -0.4 is 0 Å². The van der Waals surface area contributed by atoms with Gasteiger partial charge in [0.15, 0.2) is 5.76 Å². The third kappa shape index (κ3) is 1.50. The highest BCUT2D eigenvalue weighted by atomic mass is 16.5. The third-order valence-corrected chi connectivity index (χ3v) is 3.17. The number of benzene rings is 2. The van der Waals surface area contributed by atoms with Gasteiger partial charge in [-0.15, -0.1) is 5.10 Å². The van der Waals surface area contributed by atoms with Gasteiger partial charge < -0.3 is 4.52 Å². The summed E-state index contributed by atoms with van der Waals surface area (Å²) in [5.74, 6) is 0.667. The normalized spacial score (nSPS) is 11.2. The van der Waals surface area contributed by atoms with Gasteiger partial charge in [0.25, 0.3) is 0 Å². The molecule has 0 fully saturated rings. The lowest BCUT2D eigenvalue weighted by atomic mass is 10.1. The molecule has 90 valence electrons. The highest BCUT2D eigenvalue weighted by Gasteiger charge is 2.14. The molecule has 4 heteroatoms. The molecule has 0 atom stereocenters. The van der Waals surface area contributed by atoms with Gasteiger partial charge in [-0.2, -0.15) is 5.10 Å². The van der Waals surface area contributed by atoms with E-state index < -0.39 is 0 Å². The topological polar surface area (TPSA) is 51.8 Å². The summed E-state index contributed by atoms with van der Waals surface area (Å²) in [7, 11) is 0. The summed E-state index contributed by atoms with van der Waals surface area (Å²) in [6.07, 6.45) is 1.75. The van der Waals surface area contributed by atoms with E-state index in [-0.39, 0.29) is 0 Å². The number of fused-ring (bicyclic) bond motifs is 2. The summed E-state index contributed by atoms with van der Waals surface area (Å²) >= 11 is 0. The van der Waals surface area contributed by atoms with Crippen molar-refractivity contribution >= 4 is 21.7 Å². The fraction of sp³-hybridized carbons (Fsp3) is 0. The summed E-state index contributed by atoms with van der Waals surface area (Å²) in [5.41, 5.74) is 1.55. The Morgan fingerprint density at radius 3 is 2.58 bits per heavy atom. The van der Waals surface area contributed by atoms with E-state index in [1.54, 1.807) is 6.20 Å². The van der Waals surface area contributed by atoms with Crippen molar-refractivity contribution < 1.29 is 4.52 Å². The molecular weight excluding hydrogens is 238 g/mol. The van der Waals surface area contributed by atoms with Gasteiger partial charge in [0.2, 0.25) is 0 Å². The van der Waals surface area contributed by atoms with Crippen LogP contribution in [-0.2, 0) is 0 Å². The zero-order chi connectivity index (χ0) is 12.7. The van der Waals surface area contributed by atoms with Crippen LogP contribution in [0.5, 0.6) is 0 Å². The van der Waals surface area contributed by atoms with Gasteiger partial charge in [-0.1, -0.05) is 41.6 Å². The summed E-state index contributed by atoms with van der Waals surface area (Å²) in [6, 6.07) is 15.8. The van der Waals surface area contributed by atoms with Crippen molar-refractivity contribution in [2.24, 2.45) is 0 Å². The molecule has 19 heavy (non-hydrogen) atoms. The first-order chi connectivity index (χ1) is 9.43. The molecule has 2 aromatic carbocycles. The smallest absolute Gasteiger partial charge is 0.195 e. The SMILES string of the molecule is c1ccc2c(-c3onc4ccccc34)nncc2c1. The molecule has 2 heterocycles. The first kappa shape index (κ1) is 10.2. The molecule has 4 nitrogen and oxygen atoms in total. The van der Waals surface area contributed by atoms with Crippen LogP contribution in [0.4, 0.5) is 0 Å². The van der Waals surface area contributed by atoms with Crippen LogP contribution in [0.25, 0.3) is 33.1 Å². The van der Waals surface area contributed by atoms with Gasteiger partial charge in [-0.25, -0.2) is 0 Å². The average Bonchev–Trinajstić information content (AvgIpc) is 2.90. The van der Waals surface area contributed by atoms with Crippen molar-refractivity contribution in [1.29, 1.82) is 0 Å². The van der Waals surface area contributed by atoms with Gasteiger partial charge >= 0.3 is 0 Å². The van der Waals surface area contributed by atoms with E-state index in [0.717, 1.165) is 27.4 Å². The Bertz CT molecular complexity index is 877. The summed E-state index contributed by atoms with van der Waals surface area (Å²) in [5, 5.41) is 15.3. The second kappa shape index (κ2) is 3.88. The Balaban J connectivity index is 2.10. The number of hydrogen-bond acceptors (Lipinski definition) is 4. The lowest BCUT2D eigenvalue weighted by Crippen LogP contribution is -1.88. The van der Waals surface area contributed by atoms with Gasteiger partial charge in [0, 0.05) is 10.8 Å². The molecule has 0 saturated heterocycles. The predicted octanol–water partition coefficient (Wildman–Crippen LogP) is 3.44. The number of nitrogens with zero attached hydrogens (tertiary/aromatic N) is 3. The standard InChI is InChI=1S/C15H9N3O/c1-2-6-11-10(5-1)9-16-17-14(11)15-12-7-3-4-8-13(12)18-19-15/h1-9H. The number of rotatable bonds is 1. The zero-order valence-corrected chi connectivity index (χ0v) is 9.95. The van der Waals surface area contributed by atoms with Crippen LogP contribution in [0.1, 0.15) is 0 Å². The van der Waals surface area contributed by atoms with Crippen LogP contribution in [0.15, 0.2) is 59.3 Å². The van der Waals surface area contributed by atoms with E-state index >= 15 is 0 Å². The highest BCUT2D eigenvalue weighted by molar-refractivity contribution is 6.00. The molecule has 0 saturated carbocycles. The van der Waals surface area contributed by atoms with E-state index in [4.69, 9.17) is 4.52 Å². The summed E-state index contributed by atoms with van der Waals surface area (Å²) in [6.45, 7) is 0. The van der Waals surface area contributed by atoms with Crippen molar-refractivity contribution in [3.63, 3.8) is 0 Å². The zero-order valence-electron chi connectivity index (χ0n) is 9.95. The molecule has 0 bridgehead atoms. The predicted molar refractivity (Wildman–Crippen MR) is 72.5 cm³/mol. The number of aromatic nitrogens is 3. The van der Waals surface area contributed by atoms with Crippen molar-refractivity contribution in [3.05, 3.63) is 54.7 Å². The second-order valence-electron chi connectivity index (χ2n) is 4.31. The minimum Gasteiger partial charge on any atom is -0.353 e. The fourth-order valence-corrected chi connectivity index (χ4v) is 2.26. The lowest BCUT2D eigenvalue weighted by Gasteiger charge is -2.01. The number of hydrogen-bond donors (Lipinski definition) is 0. The Morgan fingerprint density at radius 2 is 1.63 bits per heavy atom. The molecule has 0 radical (unpaired) electrons. The molecule has 2 aromatic heterocycles. The Kier molecular flexibility index (Phi) is 2.08. The molecule has 0 aliphatic rings. The van der Waals surface area contributed by atoms with E-state index in [1.165, 1.54) is 0 Å². The van der Waals surface area contributed by atoms with Crippen molar-refractivity contribution in [2.75, 3.05) is 0 Å². The van der Waals surface area contributed by atoms with E-state index in [9.17, 15) is 0 Å². The molecular formula is C15H9N3O. The maximum atomic E-state index is 5.46. The largest absolute Gasteiger partial charge is 0.353 e. The molecule has 0 amide bonds. The second-order valence-corrected chi connectivity index (χ2v) is 4.31. The van der Waals surface area contributed by atoms with Gasteiger partial charge in [-0.05, 0) is 12.1 Å². The van der Waals surface area contributed by atoms with Crippen LogP contribution in [0.2, 0.25) is 0 Å². The average molecular weight is 247 g/mol. The third-order valence-electron chi connectivity index (χ3n) is 3.17. The van der Waals surface area contributed by atoms with Crippen molar-refractivity contribution in [3.8, 4) is 11.5 Å². The first-order valence-electron chi connectivity index (χ1n) is 5.99. The monoisotopic (exact) mass is 247 g/mol. The van der Waals surface area contributed by atoms with E-state index in [1.807, 2.05) is 48.5 Å². The van der Waals surface area contributed by atoms with Crippen LogP contribution >= 0.6 is 0 Å². The molecule has 0 aliphatic heterocycles. The molecule has 0 unspecified atom stereocenters. The lowest BCUT2D eigenvalue weighted by molar-refractivity contribution is 0.439. The highest BCUT2D eigenvalue weighted by Crippen LogP contribution is 2.31. The maximum Gasteiger partial charge on any atom is 0.195 e. The molecule has 4 rings (SSSR count). The molecule has 0 N–H and O–H groups in total. The van der Waals surface area contributed by atoms with Crippen LogP contribution in [0.3, 0.4) is 0 Å². The van der Waals surface area contributed by atoms with Crippen molar-refractivity contribution in [2.45, 2.75) is 0 Å². The van der Waals surface area contributed by atoms with E-state index in [0.29, 0.717) is 5.76 Å². The first-order valence-corrected chi connectivity index (χ1v) is 5.99. The molecule has 0 spiro atoms. The minimum absolute atomic E-state index is 0.667. The van der Waals surface area contributed by atoms with E-state index in [2.05, 4.69) is 15.4 Å². The minimum atomic E-state index is 0.667. The summed E-state index contributed by atoms with van der Waals surface area (Å²) < 4.78 is 5.46. The molecule has 0 aliphatic carbocycles. The van der Waals surface area contributed by atoms with Gasteiger partial charge in [0.05, 0.1) is 11.6 Å². The van der Waals surface area contributed by atoms with Crippen LogP contribution in [-0.4, -0.2) is 15.4 Å². The maximum absolute atomic E-state index is 5.46. The quantitative estimate of drug-likeness (QED) is 0.517. The summed E-state index contributed by atoms with van der Waals surface area (Å²) in [4.78, 5) is 0. The van der Waals surface area contributed by atoms with Gasteiger partial charge in [-0.3, -0.25) is 0 Å². The van der Waals surface area contributed by atoms with Crippen LogP contribution in [0, 0.1) is 0 Å². The fourth-order valence-electron chi connectivity index (χ4n) is 2.26. The Labute approximate surface area is 108 Å². The van der Waals surface area contributed by atoms with Crippen molar-refractivity contribution in [1.82, 2.24) is 15.4 Å². The Morgan fingerprint density at radius 1 is 0.842 bits per heavy atom.